The molecule has 6 nitrogen and oxygen atoms in total. The van der Waals surface area contributed by atoms with Gasteiger partial charge in [-0.05, 0) is 23.1 Å². The number of nitrogens with one attached hydrogen (secondary N) is 2. The number of hydrogen-bond acceptors (Lipinski definition) is 4. The highest BCUT2D eigenvalue weighted by atomic mass is 35.6. The number of halogens is 3. The lowest BCUT2D eigenvalue weighted by atomic mass is 9.86. The number of carbonyl (C=O) groups is 2. The Morgan fingerprint density at radius 2 is 1.70 bits per heavy atom. The lowest BCUT2D eigenvalue weighted by molar-refractivity contribution is -0.118. The molecule has 1 aliphatic rings. The Morgan fingerprint density at radius 1 is 1.07 bits per heavy atom. The summed E-state index contributed by atoms with van der Waals surface area (Å²) in [5, 5.41) is 5.42. The number of amides is 2. The number of alkyl halides is 3. The Kier molecular flexibility index (Phi) is 7.39. The Bertz CT molecular complexity index is 693. The van der Waals surface area contributed by atoms with Crippen molar-refractivity contribution in [1.29, 1.82) is 0 Å². The highest BCUT2D eigenvalue weighted by Gasteiger charge is 2.31. The average Bonchev–Trinajstić information content (AvgIpc) is 2.55. The summed E-state index contributed by atoms with van der Waals surface area (Å²) in [6, 6.07) is 5.42. The van der Waals surface area contributed by atoms with Gasteiger partial charge in [-0.2, -0.15) is 0 Å². The Morgan fingerprint density at radius 3 is 2.26 bits per heavy atom. The topological polar surface area (TPSA) is 70.7 Å². The second-order valence-electron chi connectivity index (χ2n) is 7.40. The van der Waals surface area contributed by atoms with E-state index in [2.05, 4.69) is 10.6 Å². The Hall–Kier alpha value is -1.05. The second-order valence-corrected chi connectivity index (χ2v) is 9.68. The van der Waals surface area contributed by atoms with Gasteiger partial charge in [-0.25, -0.2) is 0 Å². The Balaban J connectivity index is 2.20. The molecule has 150 valence electrons. The minimum absolute atomic E-state index is 0.157. The first-order valence-electron chi connectivity index (χ1n) is 8.59. The van der Waals surface area contributed by atoms with E-state index < -0.39 is 9.70 Å². The van der Waals surface area contributed by atoms with Crippen molar-refractivity contribution in [3.63, 3.8) is 0 Å². The van der Waals surface area contributed by atoms with Gasteiger partial charge in [0.2, 0.25) is 5.91 Å². The summed E-state index contributed by atoms with van der Waals surface area (Å²) in [4.78, 5) is 26.5. The summed E-state index contributed by atoms with van der Waals surface area (Å²) in [5.41, 5.74) is 1.64. The number of nitrogens with zero attached hydrogens (tertiary/aromatic N) is 1. The van der Waals surface area contributed by atoms with E-state index in [0.29, 0.717) is 37.7 Å². The summed E-state index contributed by atoms with van der Waals surface area (Å²) in [6.45, 7) is 8.98. The van der Waals surface area contributed by atoms with Gasteiger partial charge in [0.25, 0.3) is 9.70 Å². The zero-order valence-corrected chi connectivity index (χ0v) is 17.8. The molecule has 0 bridgehead atoms. The van der Waals surface area contributed by atoms with Crippen molar-refractivity contribution < 1.29 is 14.3 Å². The minimum Gasteiger partial charge on any atom is -0.379 e. The minimum atomic E-state index is -2.10. The van der Waals surface area contributed by atoms with Crippen LogP contribution in [0.3, 0.4) is 0 Å². The molecule has 1 fully saturated rings. The van der Waals surface area contributed by atoms with Crippen LogP contribution in [0.2, 0.25) is 0 Å². The zero-order chi connectivity index (χ0) is 20.2. The van der Waals surface area contributed by atoms with Crippen LogP contribution in [0.25, 0.3) is 0 Å². The summed E-state index contributed by atoms with van der Waals surface area (Å²) in [7, 11) is 0. The van der Waals surface area contributed by atoms with E-state index in [-0.39, 0.29) is 17.9 Å². The van der Waals surface area contributed by atoms with Gasteiger partial charge in [-0.15, -0.1) is 0 Å². The number of anilines is 2. The molecule has 2 N–H and O–H groups in total. The van der Waals surface area contributed by atoms with Gasteiger partial charge < -0.3 is 15.4 Å². The van der Waals surface area contributed by atoms with Crippen LogP contribution in [0.4, 0.5) is 11.4 Å². The summed E-state index contributed by atoms with van der Waals surface area (Å²) < 4.78 is 3.18. The molecule has 1 aromatic carbocycles. The molecule has 2 amide bonds. The number of rotatable bonds is 4. The Labute approximate surface area is 174 Å². The molecule has 0 radical (unpaired) electrons. The van der Waals surface area contributed by atoms with E-state index in [4.69, 9.17) is 39.5 Å². The van der Waals surface area contributed by atoms with Crippen molar-refractivity contribution >= 4 is 58.0 Å². The highest BCUT2D eigenvalue weighted by molar-refractivity contribution is 6.76. The molecular formula is C18H24Cl3N3O3. The van der Waals surface area contributed by atoms with Gasteiger partial charge in [0.05, 0.1) is 31.1 Å². The van der Waals surface area contributed by atoms with E-state index in [9.17, 15) is 9.59 Å². The zero-order valence-electron chi connectivity index (χ0n) is 15.6. The molecule has 2 rings (SSSR count). The van der Waals surface area contributed by atoms with Crippen LogP contribution < -0.4 is 10.6 Å². The van der Waals surface area contributed by atoms with Crippen LogP contribution in [0.5, 0.6) is 0 Å². The molecule has 1 saturated heterocycles. The first kappa shape index (κ1) is 22.2. The SMILES string of the molecule is CC(C)(C)c1ccc(NC(=O)CN2CCOCC2)c(NC(=O)C(Cl)(Cl)Cl)c1. The van der Waals surface area contributed by atoms with Crippen molar-refractivity contribution in [1.82, 2.24) is 4.90 Å². The fourth-order valence-corrected chi connectivity index (χ4v) is 2.71. The lowest BCUT2D eigenvalue weighted by Crippen LogP contribution is -2.41. The van der Waals surface area contributed by atoms with Gasteiger partial charge >= 0.3 is 0 Å². The molecule has 1 aromatic rings. The smallest absolute Gasteiger partial charge is 0.276 e. The standard InChI is InChI=1S/C18H24Cl3N3O3/c1-17(2,3)12-4-5-13(14(10-12)23-16(26)18(19,20)21)22-15(25)11-24-6-8-27-9-7-24/h4-5,10H,6-9,11H2,1-3H3,(H,22,25)(H,23,26). The van der Waals surface area contributed by atoms with Crippen molar-refractivity contribution in [3.8, 4) is 0 Å². The van der Waals surface area contributed by atoms with E-state index in [1.54, 1.807) is 12.1 Å². The molecule has 1 aliphatic heterocycles. The normalized spacial score (nSPS) is 16.1. The fourth-order valence-electron chi connectivity index (χ4n) is 2.57. The molecule has 9 heteroatoms. The van der Waals surface area contributed by atoms with Crippen LogP contribution in [-0.2, 0) is 19.7 Å². The molecule has 0 aromatic heterocycles. The molecular weight excluding hydrogens is 413 g/mol. The maximum atomic E-state index is 12.4. The third-order valence-corrected chi connectivity index (χ3v) is 4.65. The number of carbonyl (C=O) groups excluding carboxylic acids is 2. The third kappa shape index (κ3) is 6.80. The average molecular weight is 437 g/mol. The van der Waals surface area contributed by atoms with Crippen LogP contribution in [0.15, 0.2) is 18.2 Å². The van der Waals surface area contributed by atoms with E-state index in [0.717, 1.165) is 5.56 Å². The number of morpholine rings is 1. The fraction of sp³-hybridized carbons (Fsp3) is 0.556. The van der Waals surface area contributed by atoms with Gasteiger partial charge in [-0.3, -0.25) is 14.5 Å². The van der Waals surface area contributed by atoms with Crippen molar-refractivity contribution in [2.75, 3.05) is 43.5 Å². The quantitative estimate of drug-likeness (QED) is 0.708. The number of ether oxygens (including phenoxy) is 1. The first-order valence-corrected chi connectivity index (χ1v) is 9.73. The molecule has 0 unspecified atom stereocenters. The van der Waals surface area contributed by atoms with Gasteiger partial charge in [0.1, 0.15) is 0 Å². The van der Waals surface area contributed by atoms with Gasteiger partial charge in [0.15, 0.2) is 0 Å². The monoisotopic (exact) mass is 435 g/mol. The predicted molar refractivity (Wildman–Crippen MR) is 110 cm³/mol. The summed E-state index contributed by atoms with van der Waals surface area (Å²) in [5.74, 6) is -0.980. The third-order valence-electron chi connectivity index (χ3n) is 4.14. The molecule has 27 heavy (non-hydrogen) atoms. The van der Waals surface area contributed by atoms with Gasteiger partial charge in [-0.1, -0.05) is 61.6 Å². The van der Waals surface area contributed by atoms with Crippen LogP contribution >= 0.6 is 34.8 Å². The maximum absolute atomic E-state index is 12.4. The highest BCUT2D eigenvalue weighted by Crippen LogP contribution is 2.33. The second kappa shape index (κ2) is 8.97. The van der Waals surface area contributed by atoms with Crippen LogP contribution in [0, 0.1) is 0 Å². The molecule has 0 aliphatic carbocycles. The van der Waals surface area contributed by atoms with Crippen molar-refractivity contribution in [2.24, 2.45) is 0 Å². The largest absolute Gasteiger partial charge is 0.379 e. The maximum Gasteiger partial charge on any atom is 0.276 e. The van der Waals surface area contributed by atoms with Crippen LogP contribution in [-0.4, -0.2) is 53.4 Å². The van der Waals surface area contributed by atoms with Crippen molar-refractivity contribution in [2.45, 2.75) is 30.0 Å². The van der Waals surface area contributed by atoms with E-state index >= 15 is 0 Å². The summed E-state index contributed by atoms with van der Waals surface area (Å²) in [6.07, 6.45) is 0. The predicted octanol–water partition coefficient (Wildman–Crippen LogP) is 3.56. The van der Waals surface area contributed by atoms with Gasteiger partial charge in [0, 0.05) is 13.1 Å². The van der Waals surface area contributed by atoms with Crippen molar-refractivity contribution in [3.05, 3.63) is 23.8 Å². The molecule has 0 atom stereocenters. The summed E-state index contributed by atoms with van der Waals surface area (Å²) >= 11 is 17.0. The lowest BCUT2D eigenvalue weighted by Gasteiger charge is -2.26. The van der Waals surface area contributed by atoms with Crippen LogP contribution in [0.1, 0.15) is 26.3 Å². The molecule has 0 saturated carbocycles. The number of benzene rings is 1. The van der Waals surface area contributed by atoms with E-state index in [1.807, 2.05) is 31.7 Å². The van der Waals surface area contributed by atoms with E-state index in [1.165, 1.54) is 0 Å². The molecule has 0 spiro atoms. The molecule has 1 heterocycles. The number of hydrogen-bond donors (Lipinski definition) is 2. The first-order chi connectivity index (χ1) is 12.5.